The summed E-state index contributed by atoms with van der Waals surface area (Å²) >= 11 is 0. The first-order valence-electron chi connectivity index (χ1n) is 7.68. The first-order chi connectivity index (χ1) is 11.6. The zero-order chi connectivity index (χ0) is 16.9. The normalized spacial score (nSPS) is 10.7. The predicted molar refractivity (Wildman–Crippen MR) is 88.8 cm³/mol. The fourth-order valence-electron chi connectivity index (χ4n) is 2.56. The molecule has 0 aliphatic rings. The van der Waals surface area contributed by atoms with E-state index in [1.165, 1.54) is 12.1 Å². The van der Waals surface area contributed by atoms with E-state index in [2.05, 4.69) is 15.2 Å². The second-order valence-electron chi connectivity index (χ2n) is 5.49. The minimum Gasteiger partial charge on any atom is -0.366 e. The molecular formula is C18H17FN4O. The number of amides is 1. The van der Waals surface area contributed by atoms with Crippen molar-refractivity contribution in [2.45, 2.75) is 19.3 Å². The number of nitrogens with zero attached hydrogens (tertiary/aromatic N) is 2. The number of nitrogens with one attached hydrogen (secondary N) is 1. The van der Waals surface area contributed by atoms with Gasteiger partial charge in [-0.3, -0.25) is 9.89 Å². The quantitative estimate of drug-likeness (QED) is 0.731. The van der Waals surface area contributed by atoms with E-state index in [-0.39, 0.29) is 5.82 Å². The zero-order valence-corrected chi connectivity index (χ0v) is 13.0. The summed E-state index contributed by atoms with van der Waals surface area (Å²) in [6, 6.07) is 13.4. The van der Waals surface area contributed by atoms with Crippen LogP contribution in [-0.4, -0.2) is 21.1 Å². The van der Waals surface area contributed by atoms with Crippen LogP contribution in [0.2, 0.25) is 0 Å². The SMILES string of the molecule is NC(=O)c1ccccc1CCCc1nc(-c2ccc(F)cc2)n[nH]1. The topological polar surface area (TPSA) is 84.7 Å². The van der Waals surface area contributed by atoms with Crippen molar-refractivity contribution in [1.29, 1.82) is 0 Å². The molecule has 0 spiro atoms. The van der Waals surface area contributed by atoms with Gasteiger partial charge in [0.15, 0.2) is 5.82 Å². The summed E-state index contributed by atoms with van der Waals surface area (Å²) in [4.78, 5) is 15.8. The van der Waals surface area contributed by atoms with Crippen LogP contribution in [0.15, 0.2) is 48.5 Å². The number of rotatable bonds is 6. The van der Waals surface area contributed by atoms with Gasteiger partial charge in [-0.05, 0) is 48.7 Å². The molecule has 0 saturated carbocycles. The van der Waals surface area contributed by atoms with Gasteiger partial charge in [0, 0.05) is 17.5 Å². The molecule has 0 fully saturated rings. The number of carbonyl (C=O) groups is 1. The Morgan fingerprint density at radius 3 is 2.58 bits per heavy atom. The Hall–Kier alpha value is -3.02. The van der Waals surface area contributed by atoms with E-state index in [1.54, 1.807) is 24.3 Å². The first-order valence-corrected chi connectivity index (χ1v) is 7.68. The van der Waals surface area contributed by atoms with Gasteiger partial charge in [-0.25, -0.2) is 9.37 Å². The first kappa shape index (κ1) is 15.9. The maximum absolute atomic E-state index is 12.9. The Morgan fingerprint density at radius 1 is 1.08 bits per heavy atom. The highest BCUT2D eigenvalue weighted by molar-refractivity contribution is 5.94. The number of hydrogen-bond acceptors (Lipinski definition) is 3. The summed E-state index contributed by atoms with van der Waals surface area (Å²) in [6.45, 7) is 0. The number of carbonyl (C=O) groups excluding carboxylic acids is 1. The van der Waals surface area contributed by atoms with E-state index in [1.807, 2.05) is 12.1 Å². The summed E-state index contributed by atoms with van der Waals surface area (Å²) in [5.41, 5.74) is 7.63. The van der Waals surface area contributed by atoms with Crippen molar-refractivity contribution in [2.24, 2.45) is 5.73 Å². The van der Waals surface area contributed by atoms with E-state index in [0.29, 0.717) is 17.8 Å². The smallest absolute Gasteiger partial charge is 0.248 e. The van der Waals surface area contributed by atoms with E-state index in [9.17, 15) is 9.18 Å². The van der Waals surface area contributed by atoms with Gasteiger partial charge in [-0.1, -0.05) is 18.2 Å². The van der Waals surface area contributed by atoms with Crippen molar-refractivity contribution in [3.05, 3.63) is 71.3 Å². The Bertz CT molecular complexity index is 842. The van der Waals surface area contributed by atoms with Gasteiger partial charge in [0.1, 0.15) is 11.6 Å². The van der Waals surface area contributed by atoms with Crippen LogP contribution in [0.25, 0.3) is 11.4 Å². The van der Waals surface area contributed by atoms with Gasteiger partial charge in [-0.15, -0.1) is 0 Å². The van der Waals surface area contributed by atoms with Gasteiger partial charge < -0.3 is 5.73 Å². The summed E-state index contributed by atoms with van der Waals surface area (Å²) in [5.74, 6) is 0.597. The van der Waals surface area contributed by atoms with Crippen molar-refractivity contribution >= 4 is 5.91 Å². The number of nitrogens with two attached hydrogens (primary N) is 1. The third-order valence-electron chi connectivity index (χ3n) is 3.78. The molecule has 0 bridgehead atoms. The van der Waals surface area contributed by atoms with Gasteiger partial charge >= 0.3 is 0 Å². The van der Waals surface area contributed by atoms with Crippen LogP contribution in [-0.2, 0) is 12.8 Å². The van der Waals surface area contributed by atoms with Crippen LogP contribution >= 0.6 is 0 Å². The van der Waals surface area contributed by atoms with E-state index in [0.717, 1.165) is 29.8 Å². The molecule has 0 aliphatic carbocycles. The fourth-order valence-corrected chi connectivity index (χ4v) is 2.56. The third-order valence-corrected chi connectivity index (χ3v) is 3.78. The fraction of sp³-hybridized carbons (Fsp3) is 0.167. The molecule has 0 unspecified atom stereocenters. The van der Waals surface area contributed by atoms with Gasteiger partial charge in [-0.2, -0.15) is 5.10 Å². The molecule has 122 valence electrons. The Morgan fingerprint density at radius 2 is 1.83 bits per heavy atom. The lowest BCUT2D eigenvalue weighted by Crippen LogP contribution is -2.13. The molecule has 6 heteroatoms. The molecule has 3 rings (SSSR count). The number of aromatic nitrogens is 3. The molecule has 24 heavy (non-hydrogen) atoms. The van der Waals surface area contributed by atoms with E-state index >= 15 is 0 Å². The second kappa shape index (κ2) is 7.04. The molecule has 3 aromatic rings. The summed E-state index contributed by atoms with van der Waals surface area (Å²) in [7, 11) is 0. The minimum absolute atomic E-state index is 0.289. The standard InChI is InChI=1S/C18H17FN4O/c19-14-10-8-13(9-11-14)18-21-16(22-23-18)7-3-5-12-4-1-2-6-15(12)17(20)24/h1-2,4,6,8-11H,3,5,7H2,(H2,20,24)(H,21,22,23). The Labute approximate surface area is 138 Å². The molecule has 5 nitrogen and oxygen atoms in total. The number of primary amides is 1. The lowest BCUT2D eigenvalue weighted by Gasteiger charge is -2.05. The van der Waals surface area contributed by atoms with Crippen LogP contribution in [0.5, 0.6) is 0 Å². The molecule has 0 saturated heterocycles. The molecular weight excluding hydrogens is 307 g/mol. The number of H-pyrrole nitrogens is 1. The van der Waals surface area contributed by atoms with Crippen LogP contribution in [0, 0.1) is 5.82 Å². The number of aryl methyl sites for hydroxylation is 2. The monoisotopic (exact) mass is 324 g/mol. The molecule has 1 amide bonds. The molecule has 0 radical (unpaired) electrons. The number of halogens is 1. The predicted octanol–water partition coefficient (Wildman–Crippen LogP) is 2.89. The van der Waals surface area contributed by atoms with Crippen LogP contribution in [0.3, 0.4) is 0 Å². The summed E-state index contributed by atoms with van der Waals surface area (Å²) in [6.07, 6.45) is 2.23. The third kappa shape index (κ3) is 3.65. The van der Waals surface area contributed by atoms with Crippen LogP contribution < -0.4 is 5.73 Å². The number of hydrogen-bond donors (Lipinski definition) is 2. The van der Waals surface area contributed by atoms with Crippen molar-refractivity contribution in [1.82, 2.24) is 15.2 Å². The molecule has 1 aromatic heterocycles. The van der Waals surface area contributed by atoms with Crippen molar-refractivity contribution in [3.63, 3.8) is 0 Å². The highest BCUT2D eigenvalue weighted by Gasteiger charge is 2.09. The molecule has 0 aliphatic heterocycles. The number of aromatic amines is 1. The zero-order valence-electron chi connectivity index (χ0n) is 13.0. The van der Waals surface area contributed by atoms with E-state index < -0.39 is 5.91 Å². The largest absolute Gasteiger partial charge is 0.366 e. The lowest BCUT2D eigenvalue weighted by atomic mass is 10.0. The Balaban J connectivity index is 1.62. The molecule has 0 atom stereocenters. The Kier molecular flexibility index (Phi) is 4.65. The van der Waals surface area contributed by atoms with Crippen molar-refractivity contribution < 1.29 is 9.18 Å². The average molecular weight is 324 g/mol. The highest BCUT2D eigenvalue weighted by atomic mass is 19.1. The van der Waals surface area contributed by atoms with Crippen molar-refractivity contribution in [3.8, 4) is 11.4 Å². The summed E-state index contributed by atoms with van der Waals surface area (Å²) < 4.78 is 12.9. The van der Waals surface area contributed by atoms with E-state index in [4.69, 9.17) is 5.73 Å². The second-order valence-corrected chi connectivity index (χ2v) is 5.49. The summed E-state index contributed by atoms with van der Waals surface area (Å²) in [5, 5.41) is 7.05. The van der Waals surface area contributed by atoms with Crippen LogP contribution in [0.4, 0.5) is 4.39 Å². The maximum Gasteiger partial charge on any atom is 0.248 e. The average Bonchev–Trinajstić information content (AvgIpc) is 3.05. The lowest BCUT2D eigenvalue weighted by molar-refractivity contribution is 0.0999. The molecule has 1 heterocycles. The number of benzene rings is 2. The molecule has 2 aromatic carbocycles. The van der Waals surface area contributed by atoms with Gasteiger partial charge in [0.2, 0.25) is 5.91 Å². The highest BCUT2D eigenvalue weighted by Crippen LogP contribution is 2.16. The van der Waals surface area contributed by atoms with Crippen LogP contribution in [0.1, 0.15) is 28.2 Å². The minimum atomic E-state index is -0.413. The maximum atomic E-state index is 12.9. The van der Waals surface area contributed by atoms with Gasteiger partial charge in [0.25, 0.3) is 0 Å². The molecule has 3 N–H and O–H groups in total. The van der Waals surface area contributed by atoms with Crippen molar-refractivity contribution in [2.75, 3.05) is 0 Å². The van der Waals surface area contributed by atoms with Gasteiger partial charge in [0.05, 0.1) is 0 Å².